The van der Waals surface area contributed by atoms with E-state index in [1.54, 1.807) is 0 Å². The third kappa shape index (κ3) is 1.51. The van der Waals surface area contributed by atoms with E-state index in [-0.39, 0.29) is 16.8 Å². The second kappa shape index (κ2) is 2.92. The van der Waals surface area contributed by atoms with Gasteiger partial charge in [0.25, 0.3) is 0 Å². The smallest absolute Gasteiger partial charge is 0.237 e. The van der Waals surface area contributed by atoms with Gasteiger partial charge < -0.3 is 10.2 Å². The summed E-state index contributed by atoms with van der Waals surface area (Å²) in [6.45, 7) is 1.81. The highest BCUT2D eigenvalue weighted by Crippen LogP contribution is 2.28. The van der Waals surface area contributed by atoms with Gasteiger partial charge >= 0.3 is 0 Å². The molecule has 4 nitrogen and oxygen atoms in total. The minimum atomic E-state index is -0.379. The van der Waals surface area contributed by atoms with Gasteiger partial charge in [-0.3, -0.25) is 0 Å². The molecule has 60 valence electrons. The molecule has 5 heteroatoms. The van der Waals surface area contributed by atoms with E-state index < -0.39 is 0 Å². The van der Waals surface area contributed by atoms with E-state index in [0.717, 1.165) is 0 Å². The van der Waals surface area contributed by atoms with Gasteiger partial charge in [0.05, 0.1) is 0 Å². The molecule has 0 amide bonds. The minimum absolute atomic E-state index is 0.206. The molecule has 0 saturated carbocycles. The normalized spacial score (nSPS) is 10.0. The molecule has 0 unspecified atom stereocenters. The zero-order valence-electron chi connectivity index (χ0n) is 5.87. The van der Waals surface area contributed by atoms with Gasteiger partial charge in [0.1, 0.15) is 5.82 Å². The Morgan fingerprint density at radius 2 is 1.73 bits per heavy atom. The Balaban J connectivity index is 3.21. The van der Waals surface area contributed by atoms with Crippen LogP contribution in [-0.2, 0) is 6.42 Å². The van der Waals surface area contributed by atoms with E-state index in [9.17, 15) is 0 Å². The Bertz CT molecular complexity index is 254. The first-order valence-corrected chi connectivity index (χ1v) is 3.47. The predicted molar refractivity (Wildman–Crippen MR) is 39.7 cm³/mol. The first-order valence-electron chi connectivity index (χ1n) is 3.09. The van der Waals surface area contributed by atoms with Crippen LogP contribution in [0.3, 0.4) is 0 Å². The molecule has 0 radical (unpaired) electrons. The highest BCUT2D eigenvalue weighted by Gasteiger charge is 2.08. The number of hydrogen-bond acceptors (Lipinski definition) is 4. The van der Waals surface area contributed by atoms with Crippen molar-refractivity contribution < 1.29 is 10.2 Å². The molecule has 1 heterocycles. The number of rotatable bonds is 1. The van der Waals surface area contributed by atoms with Crippen molar-refractivity contribution in [1.82, 2.24) is 9.97 Å². The molecule has 0 saturated heterocycles. The van der Waals surface area contributed by atoms with Crippen molar-refractivity contribution in [2.45, 2.75) is 13.3 Å². The molecule has 0 aliphatic heterocycles. The summed E-state index contributed by atoms with van der Waals surface area (Å²) in [4.78, 5) is 7.21. The maximum Gasteiger partial charge on any atom is 0.237 e. The maximum absolute atomic E-state index is 8.97. The largest absolute Gasteiger partial charge is 0.492 e. The summed E-state index contributed by atoms with van der Waals surface area (Å²) in [6.07, 6.45) is 0.540. The molecule has 0 aliphatic carbocycles. The molecule has 0 atom stereocenters. The van der Waals surface area contributed by atoms with Crippen LogP contribution in [0, 0.1) is 0 Å². The Morgan fingerprint density at radius 3 is 2.09 bits per heavy atom. The van der Waals surface area contributed by atoms with Crippen LogP contribution in [0.1, 0.15) is 12.7 Å². The Morgan fingerprint density at radius 1 is 1.27 bits per heavy atom. The number of halogens is 1. The molecule has 1 rings (SSSR count). The van der Waals surface area contributed by atoms with Crippen molar-refractivity contribution in [2.75, 3.05) is 0 Å². The fourth-order valence-corrected chi connectivity index (χ4v) is 0.710. The Kier molecular flexibility index (Phi) is 2.14. The zero-order chi connectivity index (χ0) is 8.43. The molecule has 0 aromatic carbocycles. The van der Waals surface area contributed by atoms with E-state index in [1.165, 1.54) is 0 Å². The summed E-state index contributed by atoms with van der Waals surface area (Å²) >= 11 is 5.38. The third-order valence-electron chi connectivity index (χ3n) is 1.18. The van der Waals surface area contributed by atoms with E-state index in [2.05, 4.69) is 9.97 Å². The zero-order valence-corrected chi connectivity index (χ0v) is 6.63. The maximum atomic E-state index is 8.97. The lowest BCUT2D eigenvalue weighted by atomic mass is 10.4. The monoisotopic (exact) mass is 174 g/mol. The van der Waals surface area contributed by atoms with Gasteiger partial charge in [-0.05, 0) is 0 Å². The first kappa shape index (κ1) is 8.07. The molecular weight excluding hydrogens is 168 g/mol. The van der Waals surface area contributed by atoms with Crippen LogP contribution < -0.4 is 0 Å². The average Bonchev–Trinajstić information content (AvgIpc) is 1.99. The molecule has 0 spiro atoms. The summed E-state index contributed by atoms with van der Waals surface area (Å²) in [5.41, 5.74) is 0. The minimum Gasteiger partial charge on any atom is -0.492 e. The molecular formula is C6H7ClN2O2. The van der Waals surface area contributed by atoms with Crippen molar-refractivity contribution in [3.05, 3.63) is 10.8 Å². The number of aromatic nitrogens is 2. The fourth-order valence-electron chi connectivity index (χ4n) is 0.626. The van der Waals surface area contributed by atoms with Crippen LogP contribution >= 0.6 is 11.6 Å². The SMILES string of the molecule is CCc1nc(O)c(Cl)c(O)n1. The summed E-state index contributed by atoms with van der Waals surface area (Å²) in [5.74, 6) is -0.392. The average molecular weight is 175 g/mol. The Hall–Kier alpha value is -1.03. The number of aromatic hydroxyl groups is 2. The van der Waals surface area contributed by atoms with Gasteiger partial charge in [-0.1, -0.05) is 18.5 Å². The van der Waals surface area contributed by atoms with Crippen LogP contribution in [0.15, 0.2) is 0 Å². The van der Waals surface area contributed by atoms with Crippen molar-refractivity contribution in [2.24, 2.45) is 0 Å². The van der Waals surface area contributed by atoms with Gasteiger partial charge in [0, 0.05) is 6.42 Å². The number of aryl methyl sites for hydroxylation is 1. The molecule has 11 heavy (non-hydrogen) atoms. The van der Waals surface area contributed by atoms with Gasteiger partial charge in [-0.2, -0.15) is 9.97 Å². The summed E-state index contributed by atoms with van der Waals surface area (Å²) in [6, 6.07) is 0. The van der Waals surface area contributed by atoms with Crippen LogP contribution in [-0.4, -0.2) is 20.2 Å². The van der Waals surface area contributed by atoms with Crippen molar-refractivity contribution in [3.8, 4) is 11.8 Å². The van der Waals surface area contributed by atoms with Crippen molar-refractivity contribution >= 4 is 11.6 Å². The van der Waals surface area contributed by atoms with Crippen LogP contribution in [0.25, 0.3) is 0 Å². The van der Waals surface area contributed by atoms with Gasteiger partial charge in [0.2, 0.25) is 11.8 Å². The molecule has 1 aromatic rings. The summed E-state index contributed by atoms with van der Waals surface area (Å²) in [7, 11) is 0. The van der Waals surface area contributed by atoms with Crippen molar-refractivity contribution in [1.29, 1.82) is 0 Å². The third-order valence-corrected chi connectivity index (χ3v) is 1.52. The standard InChI is InChI=1S/C6H7ClN2O2/c1-2-3-8-5(10)4(7)6(11)9-3/h2H2,1H3,(H2,8,9,10,11). The molecule has 0 fully saturated rings. The van der Waals surface area contributed by atoms with Crippen LogP contribution in [0.4, 0.5) is 0 Å². The van der Waals surface area contributed by atoms with Crippen LogP contribution in [0.5, 0.6) is 11.8 Å². The molecule has 2 N–H and O–H groups in total. The lowest BCUT2D eigenvalue weighted by molar-refractivity contribution is 0.417. The van der Waals surface area contributed by atoms with Gasteiger partial charge in [-0.15, -0.1) is 0 Å². The summed E-state index contributed by atoms with van der Waals surface area (Å²) in [5, 5.41) is 17.7. The highest BCUT2D eigenvalue weighted by molar-refractivity contribution is 6.32. The number of nitrogens with zero attached hydrogens (tertiary/aromatic N) is 2. The van der Waals surface area contributed by atoms with Gasteiger partial charge in [0.15, 0.2) is 5.02 Å². The second-order valence-electron chi connectivity index (χ2n) is 1.95. The second-order valence-corrected chi connectivity index (χ2v) is 2.33. The quantitative estimate of drug-likeness (QED) is 0.669. The topological polar surface area (TPSA) is 66.2 Å². The van der Waals surface area contributed by atoms with E-state index >= 15 is 0 Å². The number of hydrogen-bond donors (Lipinski definition) is 2. The van der Waals surface area contributed by atoms with E-state index in [1.807, 2.05) is 6.92 Å². The van der Waals surface area contributed by atoms with Crippen molar-refractivity contribution in [3.63, 3.8) is 0 Å². The van der Waals surface area contributed by atoms with E-state index in [4.69, 9.17) is 21.8 Å². The van der Waals surface area contributed by atoms with Crippen LogP contribution in [0.2, 0.25) is 5.02 Å². The lowest BCUT2D eigenvalue weighted by Gasteiger charge is -1.99. The van der Waals surface area contributed by atoms with Gasteiger partial charge in [-0.25, -0.2) is 0 Å². The lowest BCUT2D eigenvalue weighted by Crippen LogP contribution is -1.92. The molecule has 1 aromatic heterocycles. The fraction of sp³-hybridized carbons (Fsp3) is 0.333. The molecule has 0 aliphatic rings. The van der Waals surface area contributed by atoms with E-state index in [0.29, 0.717) is 12.2 Å². The highest BCUT2D eigenvalue weighted by atomic mass is 35.5. The molecule has 0 bridgehead atoms. The first-order chi connectivity index (χ1) is 5.15. The summed E-state index contributed by atoms with van der Waals surface area (Å²) < 4.78 is 0. The predicted octanol–water partition coefficient (Wildman–Crippen LogP) is 1.10. The Labute approximate surface area is 68.5 Å².